The summed E-state index contributed by atoms with van der Waals surface area (Å²) in [5.41, 5.74) is 19.3. The Hall–Kier alpha value is -3.77. The molecule has 2 heterocycles. The van der Waals surface area contributed by atoms with Gasteiger partial charge in [0.15, 0.2) is 11.8 Å². The van der Waals surface area contributed by atoms with Gasteiger partial charge in [0, 0.05) is 36.3 Å². The first-order valence-electron chi connectivity index (χ1n) is 13.0. The molecule has 0 spiro atoms. The highest BCUT2D eigenvalue weighted by atomic mass is 35.5. The maximum Gasteiger partial charge on any atom is 0.354 e. The van der Waals surface area contributed by atoms with Crippen LogP contribution in [0.2, 0.25) is 5.02 Å². The number of ether oxygens (including phenoxy) is 1. The molecule has 8 N–H and O–H groups in total. The minimum atomic E-state index is -0.575. The van der Waals surface area contributed by atoms with E-state index in [2.05, 4.69) is 27.2 Å². The van der Waals surface area contributed by atoms with Gasteiger partial charge in [-0.2, -0.15) is 4.98 Å². The van der Waals surface area contributed by atoms with E-state index < -0.39 is 11.5 Å². The number of rotatable bonds is 12. The van der Waals surface area contributed by atoms with Crippen molar-refractivity contribution in [2.24, 2.45) is 22.2 Å². The maximum absolute atomic E-state index is 15.0. The molecule has 212 valence electrons. The van der Waals surface area contributed by atoms with Gasteiger partial charge in [0.25, 0.3) is 0 Å². The van der Waals surface area contributed by atoms with Crippen LogP contribution < -0.4 is 28.2 Å². The van der Waals surface area contributed by atoms with Crippen LogP contribution >= 0.6 is 11.6 Å². The molecular formula is C28H34ClFN8O2. The summed E-state index contributed by atoms with van der Waals surface area (Å²) in [7, 11) is 0. The molecule has 40 heavy (non-hydrogen) atoms. The summed E-state index contributed by atoms with van der Waals surface area (Å²) in [5.74, 6) is -0.486. The van der Waals surface area contributed by atoms with Crippen LogP contribution in [-0.4, -0.2) is 46.2 Å². The number of benzene rings is 2. The fourth-order valence-corrected chi connectivity index (χ4v) is 4.44. The van der Waals surface area contributed by atoms with E-state index in [0.29, 0.717) is 41.1 Å². The van der Waals surface area contributed by atoms with Crippen molar-refractivity contribution in [2.75, 3.05) is 19.6 Å². The molecule has 0 unspecified atom stereocenters. The Balaban J connectivity index is 1.54. The summed E-state index contributed by atoms with van der Waals surface area (Å²) in [6.45, 7) is 5.83. The first-order valence-corrected chi connectivity index (χ1v) is 13.4. The van der Waals surface area contributed by atoms with Crippen LogP contribution in [0.15, 0.2) is 58.4 Å². The van der Waals surface area contributed by atoms with Crippen molar-refractivity contribution in [1.29, 1.82) is 0 Å². The zero-order chi connectivity index (χ0) is 28.8. The molecule has 0 aliphatic heterocycles. The fraction of sp³-hybridized carbons (Fsp3) is 0.321. The third-order valence-corrected chi connectivity index (χ3v) is 6.78. The van der Waals surface area contributed by atoms with Crippen LogP contribution in [0.25, 0.3) is 28.0 Å². The predicted molar refractivity (Wildman–Crippen MR) is 157 cm³/mol. The maximum atomic E-state index is 15.0. The summed E-state index contributed by atoms with van der Waals surface area (Å²) in [6, 6.07) is 12.7. The monoisotopic (exact) mass is 568 g/mol. The number of aromatic nitrogens is 3. The Morgan fingerprint density at radius 2 is 1.98 bits per heavy atom. The van der Waals surface area contributed by atoms with Gasteiger partial charge in [-0.1, -0.05) is 23.7 Å². The van der Waals surface area contributed by atoms with E-state index in [1.165, 1.54) is 10.6 Å². The number of hydrogen-bond acceptors (Lipinski definition) is 6. The molecule has 2 atom stereocenters. The molecule has 0 aliphatic rings. The first-order chi connectivity index (χ1) is 19.2. The predicted octanol–water partition coefficient (Wildman–Crippen LogP) is 3.35. The lowest BCUT2D eigenvalue weighted by Gasteiger charge is -2.15. The van der Waals surface area contributed by atoms with Gasteiger partial charge in [0.05, 0.1) is 29.1 Å². The van der Waals surface area contributed by atoms with E-state index in [9.17, 15) is 4.79 Å². The Kier molecular flexibility index (Phi) is 9.54. The van der Waals surface area contributed by atoms with E-state index in [-0.39, 0.29) is 35.3 Å². The largest absolute Gasteiger partial charge is 0.373 e. The van der Waals surface area contributed by atoms with Crippen LogP contribution in [0, 0.1) is 5.82 Å². The van der Waals surface area contributed by atoms with Crippen LogP contribution in [0.4, 0.5) is 4.39 Å². The lowest BCUT2D eigenvalue weighted by Crippen LogP contribution is -2.24. The minimum absolute atomic E-state index is 0.0275. The van der Waals surface area contributed by atoms with Gasteiger partial charge in [0.2, 0.25) is 0 Å². The number of hydrogen-bond donors (Lipinski definition) is 5. The second kappa shape index (κ2) is 13.1. The van der Waals surface area contributed by atoms with Crippen LogP contribution in [-0.2, 0) is 11.3 Å². The zero-order valence-corrected chi connectivity index (χ0v) is 23.2. The quantitative estimate of drug-likeness (QED) is 0.0993. The molecule has 12 heteroatoms. The van der Waals surface area contributed by atoms with Crippen LogP contribution in [0.5, 0.6) is 0 Å². The average Bonchev–Trinajstić information content (AvgIpc) is 3.35. The molecule has 0 saturated heterocycles. The van der Waals surface area contributed by atoms with E-state index in [4.69, 9.17) is 33.5 Å². The minimum Gasteiger partial charge on any atom is -0.373 e. The number of aromatic amines is 1. The Morgan fingerprint density at radius 1 is 1.23 bits per heavy atom. The SMILES string of the molecule is C[C@H](NCCCN=C(N)N)c1ccc(-n2cc3cc(-c4cc(CO[C@@H](C)CN)cc(Cl)c4F)[nH]c3nc2=O)cc1. The van der Waals surface area contributed by atoms with E-state index in [1.54, 1.807) is 18.3 Å². The number of aliphatic imine (C=N–C) groups is 1. The topological polar surface area (TPSA) is 162 Å². The molecular weight excluding hydrogens is 535 g/mol. The summed E-state index contributed by atoms with van der Waals surface area (Å²) >= 11 is 6.18. The summed E-state index contributed by atoms with van der Waals surface area (Å²) in [6.07, 6.45) is 2.34. The number of nitrogens with zero attached hydrogens (tertiary/aromatic N) is 3. The number of nitrogens with one attached hydrogen (secondary N) is 2. The van der Waals surface area contributed by atoms with E-state index in [0.717, 1.165) is 18.5 Å². The number of guanidine groups is 1. The van der Waals surface area contributed by atoms with Crippen molar-refractivity contribution in [1.82, 2.24) is 19.9 Å². The summed E-state index contributed by atoms with van der Waals surface area (Å²) in [4.78, 5) is 24.1. The molecule has 2 aromatic carbocycles. The molecule has 2 aromatic heterocycles. The Bertz CT molecular complexity index is 1550. The molecule has 0 saturated carbocycles. The van der Waals surface area contributed by atoms with Crippen molar-refractivity contribution in [2.45, 2.75) is 39.0 Å². The fourth-order valence-electron chi connectivity index (χ4n) is 4.20. The van der Waals surface area contributed by atoms with E-state index in [1.807, 2.05) is 31.2 Å². The molecule has 0 amide bonds. The van der Waals surface area contributed by atoms with Crippen molar-refractivity contribution >= 4 is 28.6 Å². The van der Waals surface area contributed by atoms with Gasteiger partial charge in [-0.15, -0.1) is 0 Å². The van der Waals surface area contributed by atoms with Crippen molar-refractivity contribution in [3.05, 3.63) is 81.1 Å². The molecule has 0 fully saturated rings. The van der Waals surface area contributed by atoms with Gasteiger partial charge in [0.1, 0.15) is 5.65 Å². The molecule has 0 radical (unpaired) electrons. The Morgan fingerprint density at radius 3 is 2.67 bits per heavy atom. The molecule has 4 rings (SSSR count). The van der Waals surface area contributed by atoms with Crippen LogP contribution in [0.1, 0.15) is 37.4 Å². The Labute approximate surface area is 236 Å². The lowest BCUT2D eigenvalue weighted by molar-refractivity contribution is 0.0590. The number of nitrogens with two attached hydrogens (primary N) is 3. The summed E-state index contributed by atoms with van der Waals surface area (Å²) in [5, 5.41) is 4.04. The normalized spacial score (nSPS) is 12.9. The summed E-state index contributed by atoms with van der Waals surface area (Å²) < 4.78 is 22.1. The zero-order valence-electron chi connectivity index (χ0n) is 22.5. The van der Waals surface area contributed by atoms with Crippen molar-refractivity contribution in [3.63, 3.8) is 0 Å². The average molecular weight is 569 g/mol. The second-order valence-corrected chi connectivity index (χ2v) is 10.0. The number of H-pyrrole nitrogens is 1. The number of fused-ring (bicyclic) bond motifs is 1. The standard InChI is InChI=1S/C28H34ClFN8O2/c1-16(13-31)40-15-18-10-22(25(30)23(29)11-18)24-12-20-14-38(28(39)37-26(20)36-24)21-6-4-19(5-7-21)17(2)34-8-3-9-35-27(32)33/h4-7,10-12,14,16-17,34H,3,8-9,13,15,31H2,1-2H3,(H4,32,33,35)(H,36,37,39)/t16-,17-/m0/s1. The van der Waals surface area contributed by atoms with E-state index >= 15 is 4.39 Å². The molecule has 10 nitrogen and oxygen atoms in total. The molecule has 0 bridgehead atoms. The molecule has 0 aliphatic carbocycles. The lowest BCUT2D eigenvalue weighted by atomic mass is 10.1. The third-order valence-electron chi connectivity index (χ3n) is 6.50. The van der Waals surface area contributed by atoms with Gasteiger partial charge >= 0.3 is 5.69 Å². The third kappa shape index (κ3) is 7.05. The number of halogens is 2. The highest BCUT2D eigenvalue weighted by molar-refractivity contribution is 6.31. The van der Waals surface area contributed by atoms with Crippen LogP contribution in [0.3, 0.4) is 0 Å². The van der Waals surface area contributed by atoms with Gasteiger partial charge in [-0.05, 0) is 68.3 Å². The van der Waals surface area contributed by atoms with Gasteiger partial charge in [-0.25, -0.2) is 9.18 Å². The van der Waals surface area contributed by atoms with Gasteiger partial charge in [-0.3, -0.25) is 9.56 Å². The van der Waals surface area contributed by atoms with Gasteiger partial charge < -0.3 is 32.2 Å². The second-order valence-electron chi connectivity index (χ2n) is 9.60. The highest BCUT2D eigenvalue weighted by Gasteiger charge is 2.16. The molecule has 4 aromatic rings. The smallest absolute Gasteiger partial charge is 0.354 e. The van der Waals surface area contributed by atoms with Crippen molar-refractivity contribution in [3.8, 4) is 16.9 Å². The van der Waals surface area contributed by atoms with Crippen molar-refractivity contribution < 1.29 is 9.13 Å². The first kappa shape index (κ1) is 29.2. The highest BCUT2D eigenvalue weighted by Crippen LogP contribution is 2.31.